The highest BCUT2D eigenvalue weighted by Gasteiger charge is 2.49. The zero-order chi connectivity index (χ0) is 21.8. The van der Waals surface area contributed by atoms with Gasteiger partial charge in [0.1, 0.15) is 11.3 Å². The van der Waals surface area contributed by atoms with Crippen molar-refractivity contribution in [3.8, 4) is 5.75 Å². The van der Waals surface area contributed by atoms with Crippen molar-refractivity contribution >= 4 is 16.9 Å². The second-order valence-electron chi connectivity index (χ2n) is 10.3. The molecule has 1 saturated carbocycles. The van der Waals surface area contributed by atoms with Gasteiger partial charge < -0.3 is 14.3 Å². The first-order valence-corrected chi connectivity index (χ1v) is 10.6. The first-order valence-electron chi connectivity index (χ1n) is 10.6. The van der Waals surface area contributed by atoms with Gasteiger partial charge in [0.15, 0.2) is 0 Å². The van der Waals surface area contributed by atoms with E-state index in [1.807, 2.05) is 6.92 Å². The number of hydrogen-bond acceptors (Lipinski definition) is 6. The number of aryl methyl sites for hydroxylation is 1. The van der Waals surface area contributed by atoms with Gasteiger partial charge in [-0.05, 0) is 54.7 Å². The highest BCUT2D eigenvalue weighted by atomic mass is 16.5. The lowest BCUT2D eigenvalue weighted by atomic mass is 9.65. The second-order valence-corrected chi connectivity index (χ2v) is 10.3. The van der Waals surface area contributed by atoms with Crippen molar-refractivity contribution in [1.82, 2.24) is 4.90 Å². The third-order valence-corrected chi connectivity index (χ3v) is 6.97. The van der Waals surface area contributed by atoms with Gasteiger partial charge in [-0.15, -0.1) is 0 Å². The first kappa shape index (κ1) is 20.9. The Morgan fingerprint density at radius 2 is 2.00 bits per heavy atom. The van der Waals surface area contributed by atoms with Crippen LogP contribution in [0, 0.1) is 17.8 Å². The number of phenols is 1. The zero-order valence-electron chi connectivity index (χ0n) is 18.5. The van der Waals surface area contributed by atoms with E-state index in [1.165, 1.54) is 13.5 Å². The second kappa shape index (κ2) is 7.12. The van der Waals surface area contributed by atoms with Gasteiger partial charge in [0.05, 0.1) is 24.7 Å². The molecular weight excluding hydrogens is 382 g/mol. The number of nitrogens with zero attached hydrogens (tertiary/aromatic N) is 1. The van der Waals surface area contributed by atoms with E-state index in [1.54, 1.807) is 12.1 Å². The van der Waals surface area contributed by atoms with E-state index in [-0.39, 0.29) is 17.6 Å². The molecule has 162 valence electrons. The van der Waals surface area contributed by atoms with Crippen LogP contribution in [0.5, 0.6) is 5.75 Å². The molecule has 2 atom stereocenters. The van der Waals surface area contributed by atoms with Gasteiger partial charge in [-0.3, -0.25) is 9.69 Å². The molecule has 2 bridgehead atoms. The summed E-state index contributed by atoms with van der Waals surface area (Å²) in [7, 11) is 1.30. The molecule has 4 rings (SSSR count). The molecule has 1 aromatic carbocycles. The molecule has 2 heterocycles. The summed E-state index contributed by atoms with van der Waals surface area (Å²) in [6.07, 6.45) is 3.35. The predicted molar refractivity (Wildman–Crippen MR) is 115 cm³/mol. The SMILES string of the molecule is COC(=O)Cc1c(C)c2ccc(O)c(CN3C[C@]4(C)C[C@@H]3CC(C)(C)C4)c2oc1=O. The lowest BCUT2D eigenvalue weighted by Crippen LogP contribution is -2.34. The molecule has 1 aromatic heterocycles. The quantitative estimate of drug-likeness (QED) is 0.604. The summed E-state index contributed by atoms with van der Waals surface area (Å²) in [5.41, 5.74) is 2.09. The van der Waals surface area contributed by atoms with Crippen molar-refractivity contribution in [2.75, 3.05) is 13.7 Å². The van der Waals surface area contributed by atoms with Crippen LogP contribution in [-0.4, -0.2) is 35.7 Å². The molecule has 1 N–H and O–H groups in total. The lowest BCUT2D eigenvalue weighted by molar-refractivity contribution is -0.139. The Labute approximate surface area is 176 Å². The number of carbonyl (C=O) groups is 1. The van der Waals surface area contributed by atoms with E-state index >= 15 is 0 Å². The highest BCUT2D eigenvalue weighted by Crippen LogP contribution is 2.53. The maximum Gasteiger partial charge on any atom is 0.340 e. The molecule has 6 heteroatoms. The number of aromatic hydroxyl groups is 1. The molecule has 30 heavy (non-hydrogen) atoms. The van der Waals surface area contributed by atoms with E-state index in [2.05, 4.69) is 25.7 Å². The van der Waals surface area contributed by atoms with Crippen molar-refractivity contribution in [3.63, 3.8) is 0 Å². The predicted octanol–water partition coefficient (Wildman–Crippen LogP) is 3.92. The number of rotatable bonds is 4. The molecule has 0 radical (unpaired) electrons. The fraction of sp³-hybridized carbons (Fsp3) is 0.583. The minimum absolute atomic E-state index is 0.127. The Balaban J connectivity index is 1.74. The molecule has 2 aromatic rings. The number of hydrogen-bond donors (Lipinski definition) is 1. The maximum absolute atomic E-state index is 12.7. The molecular formula is C24H31NO5. The molecule has 0 unspecified atom stereocenters. The summed E-state index contributed by atoms with van der Waals surface area (Å²) in [5.74, 6) is -0.347. The van der Waals surface area contributed by atoms with Gasteiger partial charge in [0.25, 0.3) is 0 Å². The summed E-state index contributed by atoms with van der Waals surface area (Å²) < 4.78 is 10.4. The van der Waals surface area contributed by atoms with Gasteiger partial charge in [-0.1, -0.05) is 20.8 Å². The van der Waals surface area contributed by atoms with Gasteiger partial charge in [0, 0.05) is 24.5 Å². The van der Waals surface area contributed by atoms with Crippen LogP contribution in [0.15, 0.2) is 21.3 Å². The Bertz CT molecular complexity index is 1070. The minimum atomic E-state index is -0.550. The highest BCUT2D eigenvalue weighted by molar-refractivity contribution is 5.87. The monoisotopic (exact) mass is 413 g/mol. The van der Waals surface area contributed by atoms with Crippen molar-refractivity contribution < 1.29 is 19.1 Å². The molecule has 1 aliphatic carbocycles. The third-order valence-electron chi connectivity index (χ3n) is 6.97. The van der Waals surface area contributed by atoms with E-state index in [0.717, 1.165) is 24.8 Å². The third kappa shape index (κ3) is 3.62. The number of likely N-dealkylation sites (tertiary alicyclic amines) is 1. The van der Waals surface area contributed by atoms with Crippen molar-refractivity contribution in [2.45, 2.75) is 66.0 Å². The summed E-state index contributed by atoms with van der Waals surface area (Å²) in [6.45, 7) is 10.3. The largest absolute Gasteiger partial charge is 0.507 e. The minimum Gasteiger partial charge on any atom is -0.507 e. The number of methoxy groups -OCH3 is 1. The fourth-order valence-corrected chi connectivity index (χ4v) is 6.04. The lowest BCUT2D eigenvalue weighted by Gasteiger charge is -2.40. The molecule has 2 fully saturated rings. The Hall–Kier alpha value is -2.34. The fourth-order valence-electron chi connectivity index (χ4n) is 6.04. The van der Waals surface area contributed by atoms with Gasteiger partial charge >= 0.3 is 11.6 Å². The van der Waals surface area contributed by atoms with Gasteiger partial charge in [-0.2, -0.15) is 0 Å². The summed E-state index contributed by atoms with van der Waals surface area (Å²) in [5, 5.41) is 11.4. The van der Waals surface area contributed by atoms with E-state index in [4.69, 9.17) is 9.15 Å². The van der Waals surface area contributed by atoms with Crippen molar-refractivity contribution in [1.29, 1.82) is 0 Å². The summed E-state index contributed by atoms with van der Waals surface area (Å²) >= 11 is 0. The number of phenolic OH excluding ortho intramolecular Hbond substituents is 1. The normalized spacial score (nSPS) is 25.6. The van der Waals surface area contributed by atoms with Crippen LogP contribution < -0.4 is 5.63 Å². The topological polar surface area (TPSA) is 80.0 Å². The molecule has 1 saturated heterocycles. The van der Waals surface area contributed by atoms with Crippen molar-refractivity contribution in [2.24, 2.45) is 10.8 Å². The summed E-state index contributed by atoms with van der Waals surface area (Å²) in [4.78, 5) is 26.8. The van der Waals surface area contributed by atoms with Crippen LogP contribution in [0.4, 0.5) is 0 Å². The average molecular weight is 414 g/mol. The maximum atomic E-state index is 12.7. The Morgan fingerprint density at radius 1 is 1.27 bits per heavy atom. The molecule has 1 aliphatic heterocycles. The van der Waals surface area contributed by atoms with Gasteiger partial charge in [-0.25, -0.2) is 4.79 Å². The van der Waals surface area contributed by atoms with Crippen molar-refractivity contribution in [3.05, 3.63) is 39.2 Å². The Kier molecular flexibility index (Phi) is 4.96. The number of esters is 1. The van der Waals surface area contributed by atoms with E-state index < -0.39 is 11.6 Å². The van der Waals surface area contributed by atoms with E-state index in [0.29, 0.717) is 40.3 Å². The van der Waals surface area contributed by atoms with Gasteiger partial charge in [0.2, 0.25) is 0 Å². The van der Waals surface area contributed by atoms with Crippen LogP contribution in [0.3, 0.4) is 0 Å². The molecule has 6 nitrogen and oxygen atoms in total. The molecule has 0 amide bonds. The van der Waals surface area contributed by atoms with E-state index in [9.17, 15) is 14.7 Å². The zero-order valence-corrected chi connectivity index (χ0v) is 18.5. The van der Waals surface area contributed by atoms with Crippen LogP contribution in [-0.2, 0) is 22.5 Å². The number of carbonyl (C=O) groups excluding carboxylic acids is 1. The Morgan fingerprint density at radius 3 is 2.70 bits per heavy atom. The van der Waals surface area contributed by atoms with Crippen LogP contribution in [0.2, 0.25) is 0 Å². The smallest absolute Gasteiger partial charge is 0.340 e. The standard InChI is InChI=1S/C24H31NO5/c1-14-16-6-7-19(26)18(21(16)30-22(28)17(14)8-20(27)29-5)11-25-13-24(4)10-15(25)9-23(2,3)12-24/h6-7,15,26H,8-13H2,1-5H3/t15-,24+/m0/s1. The molecule has 0 spiro atoms. The number of benzene rings is 1. The number of fused-ring (bicyclic) bond motifs is 3. The average Bonchev–Trinajstić information content (AvgIpc) is 2.88. The molecule has 2 aliphatic rings. The van der Waals surface area contributed by atoms with Crippen LogP contribution in [0.25, 0.3) is 11.0 Å². The number of ether oxygens (including phenoxy) is 1. The van der Waals surface area contributed by atoms with Crippen LogP contribution in [0.1, 0.15) is 56.7 Å². The van der Waals surface area contributed by atoms with Crippen LogP contribution >= 0.6 is 0 Å². The summed E-state index contributed by atoms with van der Waals surface area (Å²) in [6, 6.07) is 3.86. The first-order chi connectivity index (χ1) is 14.0.